The van der Waals surface area contributed by atoms with Gasteiger partial charge < -0.3 is 10.1 Å². The number of esters is 1. The van der Waals surface area contributed by atoms with Gasteiger partial charge in [-0.05, 0) is 36.6 Å². The van der Waals surface area contributed by atoms with Crippen LogP contribution in [0.1, 0.15) is 37.7 Å². The maximum atomic E-state index is 13.2. The quantitative estimate of drug-likeness (QED) is 0.481. The van der Waals surface area contributed by atoms with Gasteiger partial charge in [-0.2, -0.15) is 4.31 Å². The van der Waals surface area contributed by atoms with E-state index < -0.39 is 28.5 Å². The zero-order chi connectivity index (χ0) is 23.0. The van der Waals surface area contributed by atoms with Gasteiger partial charge in [-0.25, -0.2) is 13.2 Å². The largest absolute Gasteiger partial charge is 0.452 e. The molecule has 170 valence electrons. The molecule has 8 heteroatoms. The van der Waals surface area contributed by atoms with Crippen LogP contribution in [-0.4, -0.2) is 44.3 Å². The highest BCUT2D eigenvalue weighted by Gasteiger charge is 2.31. The fourth-order valence-electron chi connectivity index (χ4n) is 3.69. The molecule has 1 N–H and O–H groups in total. The molecule has 0 spiro atoms. The Morgan fingerprint density at radius 2 is 1.69 bits per heavy atom. The van der Waals surface area contributed by atoms with E-state index in [9.17, 15) is 18.0 Å². The number of carbonyl (C=O) groups excluding carboxylic acids is 2. The van der Waals surface area contributed by atoms with E-state index in [1.807, 2.05) is 30.3 Å². The standard InChI is InChI=1S/C24H28N2O5S/c1-26(20-12-6-3-7-13-20)32(29,30)22-15-9-8-14-21(22)25-23(27)18-31-24(28)17-16-19-10-4-2-5-11-19/h2,4-5,8-11,14-17,20H,3,6-7,12-13,18H2,1H3,(H,25,27)/b17-16+. The highest BCUT2D eigenvalue weighted by Crippen LogP contribution is 2.29. The molecular formula is C24H28N2O5S. The number of anilines is 1. The third kappa shape index (κ3) is 6.27. The molecule has 2 aromatic carbocycles. The van der Waals surface area contributed by atoms with Gasteiger partial charge in [0, 0.05) is 19.2 Å². The van der Waals surface area contributed by atoms with Gasteiger partial charge >= 0.3 is 5.97 Å². The molecule has 0 unspecified atom stereocenters. The number of nitrogens with one attached hydrogen (secondary N) is 1. The number of nitrogens with zero attached hydrogens (tertiary/aromatic N) is 1. The topological polar surface area (TPSA) is 92.8 Å². The van der Waals surface area contributed by atoms with Gasteiger partial charge in [-0.1, -0.05) is 61.7 Å². The second kappa shape index (κ2) is 11.1. The lowest BCUT2D eigenvalue weighted by molar-refractivity contribution is -0.142. The summed E-state index contributed by atoms with van der Waals surface area (Å²) in [4.78, 5) is 24.2. The average molecular weight is 457 g/mol. The van der Waals surface area contributed by atoms with E-state index >= 15 is 0 Å². The number of rotatable bonds is 8. The Balaban J connectivity index is 1.62. The molecule has 1 fully saturated rings. The van der Waals surface area contributed by atoms with Crippen molar-refractivity contribution in [1.29, 1.82) is 0 Å². The lowest BCUT2D eigenvalue weighted by Crippen LogP contribution is -2.38. The Morgan fingerprint density at radius 3 is 2.41 bits per heavy atom. The van der Waals surface area contributed by atoms with Crippen LogP contribution in [0.4, 0.5) is 5.69 Å². The molecule has 0 bridgehead atoms. The summed E-state index contributed by atoms with van der Waals surface area (Å²) in [5.41, 5.74) is 0.992. The van der Waals surface area contributed by atoms with Crippen molar-refractivity contribution < 1.29 is 22.7 Å². The van der Waals surface area contributed by atoms with Crippen molar-refractivity contribution in [3.63, 3.8) is 0 Å². The first-order valence-electron chi connectivity index (χ1n) is 10.6. The molecule has 32 heavy (non-hydrogen) atoms. The molecule has 0 saturated heterocycles. The smallest absolute Gasteiger partial charge is 0.331 e. The second-order valence-electron chi connectivity index (χ2n) is 7.71. The number of benzene rings is 2. The van der Waals surface area contributed by atoms with Gasteiger partial charge in [0.15, 0.2) is 6.61 Å². The first-order valence-corrected chi connectivity index (χ1v) is 12.1. The Bertz CT molecular complexity index is 1060. The monoisotopic (exact) mass is 456 g/mol. The highest BCUT2D eigenvalue weighted by atomic mass is 32.2. The van der Waals surface area contributed by atoms with Crippen LogP contribution in [-0.2, 0) is 24.3 Å². The predicted octanol–water partition coefficient (Wildman–Crippen LogP) is 3.83. The van der Waals surface area contributed by atoms with Gasteiger partial charge in [0.2, 0.25) is 10.0 Å². The van der Waals surface area contributed by atoms with E-state index in [4.69, 9.17) is 4.74 Å². The number of hydrogen-bond acceptors (Lipinski definition) is 5. The van der Waals surface area contributed by atoms with Gasteiger partial charge in [-0.3, -0.25) is 4.79 Å². The summed E-state index contributed by atoms with van der Waals surface area (Å²) in [6.45, 7) is -0.523. The molecule has 1 aliphatic rings. The van der Waals surface area contributed by atoms with E-state index in [0.717, 1.165) is 37.7 Å². The summed E-state index contributed by atoms with van der Waals surface area (Å²) in [5.74, 6) is -1.28. The van der Waals surface area contributed by atoms with E-state index in [2.05, 4.69) is 5.32 Å². The lowest BCUT2D eigenvalue weighted by atomic mass is 9.96. The third-order valence-electron chi connectivity index (χ3n) is 5.46. The first kappa shape index (κ1) is 23.7. The van der Waals surface area contributed by atoms with Crippen molar-refractivity contribution in [2.45, 2.75) is 43.0 Å². The van der Waals surface area contributed by atoms with Gasteiger partial charge in [0.25, 0.3) is 5.91 Å². The van der Waals surface area contributed by atoms with Gasteiger partial charge in [-0.15, -0.1) is 0 Å². The van der Waals surface area contributed by atoms with Crippen LogP contribution in [0.2, 0.25) is 0 Å². The fourth-order valence-corrected chi connectivity index (χ4v) is 5.25. The summed E-state index contributed by atoms with van der Waals surface area (Å²) >= 11 is 0. The number of amides is 1. The van der Waals surface area contributed by atoms with Gasteiger partial charge in [0.1, 0.15) is 4.90 Å². The zero-order valence-electron chi connectivity index (χ0n) is 18.1. The van der Waals surface area contributed by atoms with Crippen LogP contribution < -0.4 is 5.32 Å². The van der Waals surface area contributed by atoms with Crippen molar-refractivity contribution in [2.75, 3.05) is 19.0 Å². The molecule has 0 radical (unpaired) electrons. The molecule has 0 atom stereocenters. The van der Waals surface area contributed by atoms with Crippen LogP contribution >= 0.6 is 0 Å². The van der Waals surface area contributed by atoms with Crippen LogP contribution in [0.25, 0.3) is 6.08 Å². The number of hydrogen-bond donors (Lipinski definition) is 1. The maximum Gasteiger partial charge on any atom is 0.331 e. The van der Waals surface area contributed by atoms with Gasteiger partial charge in [0.05, 0.1) is 5.69 Å². The zero-order valence-corrected chi connectivity index (χ0v) is 18.9. The predicted molar refractivity (Wildman–Crippen MR) is 123 cm³/mol. The molecule has 7 nitrogen and oxygen atoms in total. The summed E-state index contributed by atoms with van der Waals surface area (Å²) in [6.07, 6.45) is 7.62. The summed E-state index contributed by atoms with van der Waals surface area (Å²) in [6, 6.07) is 15.4. The van der Waals surface area contributed by atoms with Crippen molar-refractivity contribution in [3.05, 3.63) is 66.2 Å². The van der Waals surface area contributed by atoms with E-state index in [0.29, 0.717) is 0 Å². The Kier molecular flexibility index (Phi) is 8.19. The van der Waals surface area contributed by atoms with E-state index in [1.165, 1.54) is 22.5 Å². The number of para-hydroxylation sites is 1. The molecule has 0 aliphatic heterocycles. The lowest BCUT2D eigenvalue weighted by Gasteiger charge is -2.30. The second-order valence-corrected chi connectivity index (χ2v) is 9.68. The number of sulfonamides is 1. The SMILES string of the molecule is CN(C1CCCCC1)S(=O)(=O)c1ccccc1NC(=O)COC(=O)/C=C/c1ccccc1. The Morgan fingerprint density at radius 1 is 1.03 bits per heavy atom. The average Bonchev–Trinajstić information content (AvgIpc) is 2.82. The summed E-state index contributed by atoms with van der Waals surface area (Å²) in [7, 11) is -2.20. The highest BCUT2D eigenvalue weighted by molar-refractivity contribution is 7.89. The molecule has 1 amide bonds. The summed E-state index contributed by atoms with van der Waals surface area (Å²) in [5, 5.41) is 2.56. The first-order chi connectivity index (χ1) is 15.4. The molecule has 2 aromatic rings. The van der Waals surface area contributed by atoms with Crippen LogP contribution in [0, 0.1) is 0 Å². The van der Waals surface area contributed by atoms with Crippen molar-refractivity contribution >= 4 is 33.7 Å². The normalized spacial score (nSPS) is 15.1. The van der Waals surface area contributed by atoms with Crippen LogP contribution in [0.15, 0.2) is 65.6 Å². The van der Waals surface area contributed by atoms with E-state index in [1.54, 1.807) is 25.3 Å². The minimum absolute atomic E-state index is 0.0247. The van der Waals surface area contributed by atoms with Crippen molar-refractivity contribution in [2.24, 2.45) is 0 Å². The molecule has 1 aliphatic carbocycles. The molecule has 0 heterocycles. The number of ether oxygens (including phenoxy) is 1. The van der Waals surface area contributed by atoms with Crippen molar-refractivity contribution in [1.82, 2.24) is 4.31 Å². The Labute approximate surface area is 189 Å². The minimum atomic E-state index is -3.79. The van der Waals surface area contributed by atoms with E-state index in [-0.39, 0.29) is 16.6 Å². The summed E-state index contributed by atoms with van der Waals surface area (Å²) < 4.78 is 32.8. The van der Waals surface area contributed by atoms with Crippen LogP contribution in [0.5, 0.6) is 0 Å². The molecule has 3 rings (SSSR count). The molecular weight excluding hydrogens is 428 g/mol. The fraction of sp³-hybridized carbons (Fsp3) is 0.333. The number of carbonyl (C=O) groups is 2. The minimum Gasteiger partial charge on any atom is -0.452 e. The molecule has 1 saturated carbocycles. The third-order valence-corrected chi connectivity index (χ3v) is 7.43. The maximum absolute atomic E-state index is 13.2. The molecule has 0 aromatic heterocycles. The Hall–Kier alpha value is -2.97. The van der Waals surface area contributed by atoms with Crippen molar-refractivity contribution in [3.8, 4) is 0 Å². The van der Waals surface area contributed by atoms with Crippen LogP contribution in [0.3, 0.4) is 0 Å².